The van der Waals surface area contributed by atoms with Crippen LogP contribution in [0.4, 0.5) is 0 Å². The summed E-state index contributed by atoms with van der Waals surface area (Å²) in [5.74, 6) is -2.50. The first-order valence-corrected chi connectivity index (χ1v) is 21.4. The highest BCUT2D eigenvalue weighted by molar-refractivity contribution is 6.99. The van der Waals surface area contributed by atoms with Gasteiger partial charge in [0.05, 0.1) is 31.2 Å². The van der Waals surface area contributed by atoms with Crippen molar-refractivity contribution in [1.82, 2.24) is 4.90 Å². The Morgan fingerprint density at radius 3 is 1.98 bits per heavy atom. The van der Waals surface area contributed by atoms with Crippen LogP contribution in [-0.2, 0) is 14.0 Å². The van der Waals surface area contributed by atoms with Gasteiger partial charge in [-0.25, -0.2) is 0 Å². The van der Waals surface area contributed by atoms with Crippen molar-refractivity contribution in [3.63, 3.8) is 0 Å². The Balaban J connectivity index is 1.30. The summed E-state index contributed by atoms with van der Waals surface area (Å²) in [6, 6.07) is 42.0. The lowest BCUT2D eigenvalue weighted by atomic mass is 9.68. The third-order valence-electron chi connectivity index (χ3n) is 11.9. The predicted molar refractivity (Wildman–Crippen MR) is 226 cm³/mol. The first-order chi connectivity index (χ1) is 27.0. The lowest BCUT2D eigenvalue weighted by molar-refractivity contribution is -0.138. The van der Waals surface area contributed by atoms with Gasteiger partial charge in [0, 0.05) is 18.4 Å². The molecule has 3 N–H and O–H groups in total. The van der Waals surface area contributed by atoms with Crippen molar-refractivity contribution >= 4 is 52.9 Å². The Morgan fingerprint density at radius 1 is 0.821 bits per heavy atom. The minimum absolute atomic E-state index is 0.144. The molecule has 0 radical (unpaired) electrons. The van der Waals surface area contributed by atoms with E-state index in [9.17, 15) is 24.9 Å². The van der Waals surface area contributed by atoms with E-state index < -0.39 is 32.2 Å². The minimum atomic E-state index is -3.03. The Bertz CT molecular complexity index is 2220. The van der Waals surface area contributed by atoms with E-state index >= 15 is 0 Å². The average molecular weight is 766 g/mol. The molecule has 4 atom stereocenters. The molecule has 0 spiro atoms. The van der Waals surface area contributed by atoms with E-state index in [0.29, 0.717) is 18.4 Å². The summed E-state index contributed by atoms with van der Waals surface area (Å²) >= 11 is 0. The van der Waals surface area contributed by atoms with E-state index in [1.165, 1.54) is 11.9 Å². The van der Waals surface area contributed by atoms with Crippen molar-refractivity contribution in [2.45, 2.75) is 51.2 Å². The van der Waals surface area contributed by atoms with Gasteiger partial charge in [0.1, 0.15) is 5.75 Å². The van der Waals surface area contributed by atoms with Gasteiger partial charge in [-0.05, 0) is 74.0 Å². The first kappa shape index (κ1) is 39.1. The number of aliphatic hydroxyl groups is 2. The Morgan fingerprint density at radius 2 is 1.39 bits per heavy atom. The lowest BCUT2D eigenvalue weighted by Gasteiger charge is -2.44. The molecule has 2 amide bonds. The zero-order valence-electron chi connectivity index (χ0n) is 32.6. The summed E-state index contributed by atoms with van der Waals surface area (Å²) in [6.07, 6.45) is 2.14. The highest BCUT2D eigenvalue weighted by atomic mass is 28.4. The Hall–Kier alpha value is -5.12. The molecule has 8 heteroatoms. The second-order valence-electron chi connectivity index (χ2n) is 16.2. The van der Waals surface area contributed by atoms with E-state index in [0.717, 1.165) is 43.4 Å². The molecule has 7 rings (SSSR count). The monoisotopic (exact) mass is 765 g/mol. The number of carbonyl (C=O) groups is 2. The maximum absolute atomic E-state index is 13.6. The van der Waals surface area contributed by atoms with Crippen LogP contribution in [0.25, 0.3) is 22.4 Å². The van der Waals surface area contributed by atoms with E-state index in [2.05, 4.69) is 51.1 Å². The first-order valence-electron chi connectivity index (χ1n) is 19.5. The quantitative estimate of drug-likeness (QED) is 0.0532. The van der Waals surface area contributed by atoms with Crippen LogP contribution in [0.3, 0.4) is 0 Å². The highest BCUT2D eigenvalue weighted by Crippen LogP contribution is 2.47. The third kappa shape index (κ3) is 7.18. The molecule has 1 fully saturated rings. The number of rotatable bonds is 12. The van der Waals surface area contributed by atoms with Gasteiger partial charge < -0.3 is 19.7 Å². The number of hydrogen-bond acceptors (Lipinski definition) is 6. The Kier molecular flexibility index (Phi) is 11.3. The number of phenolic OH excluding ortho intramolecular Hbond substituents is 1. The van der Waals surface area contributed by atoms with Crippen LogP contribution in [0.15, 0.2) is 139 Å². The number of fused-ring (bicyclic) bond motifs is 2. The molecule has 0 aromatic heterocycles. The summed E-state index contributed by atoms with van der Waals surface area (Å²) in [4.78, 5) is 28.4. The summed E-state index contributed by atoms with van der Waals surface area (Å²) in [5, 5.41) is 37.6. The van der Waals surface area contributed by atoms with Gasteiger partial charge >= 0.3 is 0 Å². The molecule has 5 aromatic carbocycles. The highest BCUT2D eigenvalue weighted by Gasteiger charge is 2.55. The standard InChI is InChI=1S/C48H51NO6Si/c1-48(2,3)56(36-18-10-6-11-19-36,37-20-12-7-13-21-37)55-31-35-29-40-45(47(54)49(4)46(40)53)41(30-50)44(35)43(52)27-24-33(32-16-8-5-9-17-32)28-34-25-26-42(51)39-23-15-14-22-38(34)39/h5-23,25-26,28,40-41,43,45,50-52H,24,27,29-31H2,1-4H3/b33-28-/t40-,41+,43-,45-/m1/s1. The van der Waals surface area contributed by atoms with Crippen molar-refractivity contribution in [3.8, 4) is 5.75 Å². The van der Waals surface area contributed by atoms with Crippen LogP contribution in [0, 0.1) is 17.8 Å². The number of aliphatic hydroxyl groups excluding tert-OH is 2. The van der Waals surface area contributed by atoms with Crippen LogP contribution in [0.5, 0.6) is 5.75 Å². The number of nitrogens with zero attached hydrogens (tertiary/aromatic N) is 1. The second-order valence-corrected chi connectivity index (χ2v) is 20.5. The number of likely N-dealkylation sites (tertiary alicyclic amines) is 1. The van der Waals surface area contributed by atoms with E-state index in [1.54, 1.807) is 6.07 Å². The van der Waals surface area contributed by atoms with Crippen molar-refractivity contribution < 1.29 is 29.3 Å². The number of hydrogen-bond donors (Lipinski definition) is 3. The van der Waals surface area contributed by atoms with Crippen LogP contribution in [0.1, 0.15) is 51.2 Å². The number of imide groups is 1. The fraction of sp³-hybridized carbons (Fsp3) is 0.292. The maximum Gasteiger partial charge on any atom is 0.261 e. The summed E-state index contributed by atoms with van der Waals surface area (Å²) in [7, 11) is -1.52. The number of phenols is 1. The molecule has 288 valence electrons. The molecule has 56 heavy (non-hydrogen) atoms. The van der Waals surface area contributed by atoms with Gasteiger partial charge in [0.2, 0.25) is 11.8 Å². The zero-order chi connectivity index (χ0) is 39.6. The molecule has 1 aliphatic carbocycles. The van der Waals surface area contributed by atoms with E-state index in [4.69, 9.17) is 4.43 Å². The topological polar surface area (TPSA) is 107 Å². The molecule has 0 unspecified atom stereocenters. The number of aromatic hydroxyl groups is 1. The predicted octanol–water partition coefficient (Wildman–Crippen LogP) is 7.34. The van der Waals surface area contributed by atoms with Crippen molar-refractivity contribution in [1.29, 1.82) is 0 Å². The SMILES string of the molecule is CN1C(=O)[C@@H]2[C@@H](CC(CO[Si](c3ccccc3)(c3ccccc3)C(C)(C)C)=C([C@H](O)CC/C(=C/c3ccc(O)c4ccccc34)c3ccccc3)[C@@H]2CO)C1=O. The zero-order valence-corrected chi connectivity index (χ0v) is 33.6. The molecule has 1 heterocycles. The third-order valence-corrected chi connectivity index (χ3v) is 16.9. The number of amides is 2. The summed E-state index contributed by atoms with van der Waals surface area (Å²) in [6.45, 7) is 6.38. The number of allylic oxidation sites excluding steroid dienone is 1. The average Bonchev–Trinajstić information content (AvgIpc) is 3.43. The van der Waals surface area contributed by atoms with Gasteiger partial charge in [-0.3, -0.25) is 14.5 Å². The van der Waals surface area contributed by atoms with Crippen LogP contribution >= 0.6 is 0 Å². The summed E-state index contributed by atoms with van der Waals surface area (Å²) in [5.41, 5.74) is 4.31. The van der Waals surface area contributed by atoms with Gasteiger partial charge in [-0.15, -0.1) is 0 Å². The molecule has 1 aliphatic heterocycles. The number of carbonyl (C=O) groups excluding carboxylic acids is 2. The van der Waals surface area contributed by atoms with E-state index in [-0.39, 0.29) is 42.2 Å². The second kappa shape index (κ2) is 16.2. The normalized spacial score (nSPS) is 19.8. The fourth-order valence-electron chi connectivity index (χ4n) is 9.23. The van der Waals surface area contributed by atoms with E-state index in [1.807, 2.05) is 97.1 Å². The van der Waals surface area contributed by atoms with Gasteiger partial charge in [0.25, 0.3) is 8.32 Å². The lowest BCUT2D eigenvalue weighted by Crippen LogP contribution is -2.66. The largest absolute Gasteiger partial charge is 0.507 e. The molecule has 7 nitrogen and oxygen atoms in total. The summed E-state index contributed by atoms with van der Waals surface area (Å²) < 4.78 is 7.39. The molecule has 0 bridgehead atoms. The molecule has 5 aromatic rings. The van der Waals surface area contributed by atoms with Crippen molar-refractivity contribution in [2.75, 3.05) is 20.3 Å². The van der Waals surface area contributed by atoms with Gasteiger partial charge in [0.15, 0.2) is 0 Å². The Labute approximate surface area is 330 Å². The fourth-order valence-corrected chi connectivity index (χ4v) is 13.8. The molecular formula is C48H51NO6Si. The van der Waals surface area contributed by atoms with Gasteiger partial charge in [-0.1, -0.05) is 148 Å². The van der Waals surface area contributed by atoms with Crippen LogP contribution in [-0.4, -0.2) is 66.7 Å². The smallest absolute Gasteiger partial charge is 0.261 e. The van der Waals surface area contributed by atoms with Crippen molar-refractivity contribution in [2.24, 2.45) is 17.8 Å². The maximum atomic E-state index is 13.6. The minimum Gasteiger partial charge on any atom is -0.507 e. The molecule has 0 saturated carbocycles. The van der Waals surface area contributed by atoms with Gasteiger partial charge in [-0.2, -0.15) is 0 Å². The molecular weight excluding hydrogens is 715 g/mol. The molecule has 2 aliphatic rings. The molecule has 1 saturated heterocycles. The van der Waals surface area contributed by atoms with Crippen LogP contribution < -0.4 is 10.4 Å². The number of benzene rings is 5. The van der Waals surface area contributed by atoms with Crippen LogP contribution in [0.2, 0.25) is 5.04 Å². The van der Waals surface area contributed by atoms with Crippen molar-refractivity contribution in [3.05, 3.63) is 150 Å².